The van der Waals surface area contributed by atoms with Crippen molar-refractivity contribution < 1.29 is 8.78 Å². The van der Waals surface area contributed by atoms with E-state index in [4.69, 9.17) is 5.73 Å². The highest BCUT2D eigenvalue weighted by molar-refractivity contribution is 5.27. The van der Waals surface area contributed by atoms with Crippen LogP contribution in [0.15, 0.2) is 18.2 Å². The molecular formula is C15H19F2N3. The van der Waals surface area contributed by atoms with Gasteiger partial charge >= 0.3 is 0 Å². The van der Waals surface area contributed by atoms with Crippen LogP contribution < -0.4 is 5.73 Å². The van der Waals surface area contributed by atoms with Crippen LogP contribution in [0.2, 0.25) is 0 Å². The van der Waals surface area contributed by atoms with E-state index in [0.717, 1.165) is 29.4 Å². The lowest BCUT2D eigenvalue weighted by atomic mass is 10.1. The summed E-state index contributed by atoms with van der Waals surface area (Å²) in [4.78, 5) is 0. The highest BCUT2D eigenvalue weighted by Crippen LogP contribution is 2.17. The molecule has 1 aromatic heterocycles. The number of rotatable bonds is 4. The molecule has 1 unspecified atom stereocenters. The summed E-state index contributed by atoms with van der Waals surface area (Å²) in [6.07, 6.45) is 0.759. The first-order chi connectivity index (χ1) is 9.38. The maximum Gasteiger partial charge on any atom is 0.159 e. The second-order valence-corrected chi connectivity index (χ2v) is 5.24. The minimum Gasteiger partial charge on any atom is -0.328 e. The molecule has 0 saturated heterocycles. The van der Waals surface area contributed by atoms with Crippen LogP contribution in [0.25, 0.3) is 0 Å². The molecule has 0 aliphatic carbocycles. The number of nitrogens with two attached hydrogens (primary N) is 1. The van der Waals surface area contributed by atoms with Gasteiger partial charge in [-0.05, 0) is 50.5 Å². The second kappa shape index (κ2) is 5.71. The van der Waals surface area contributed by atoms with Crippen molar-refractivity contribution in [1.29, 1.82) is 0 Å². The molecule has 20 heavy (non-hydrogen) atoms. The molecule has 0 spiro atoms. The molecule has 0 aliphatic rings. The van der Waals surface area contributed by atoms with Gasteiger partial charge in [-0.2, -0.15) is 5.10 Å². The molecule has 1 atom stereocenters. The Morgan fingerprint density at radius 2 is 1.95 bits per heavy atom. The first kappa shape index (κ1) is 14.7. The van der Waals surface area contributed by atoms with Crippen LogP contribution in [0.3, 0.4) is 0 Å². The summed E-state index contributed by atoms with van der Waals surface area (Å²) in [5.74, 6) is -1.67. The molecule has 0 amide bonds. The molecule has 3 nitrogen and oxygen atoms in total. The highest BCUT2D eigenvalue weighted by atomic mass is 19.2. The summed E-state index contributed by atoms with van der Waals surface area (Å²) in [7, 11) is 0. The van der Waals surface area contributed by atoms with Gasteiger partial charge in [-0.15, -0.1) is 0 Å². The van der Waals surface area contributed by atoms with Crippen molar-refractivity contribution in [1.82, 2.24) is 9.78 Å². The largest absolute Gasteiger partial charge is 0.328 e. The molecule has 2 rings (SSSR count). The Balaban J connectivity index is 2.27. The zero-order valence-electron chi connectivity index (χ0n) is 12.0. The second-order valence-electron chi connectivity index (χ2n) is 5.24. The lowest BCUT2D eigenvalue weighted by Gasteiger charge is -2.08. The van der Waals surface area contributed by atoms with Gasteiger partial charge in [0, 0.05) is 11.7 Å². The van der Waals surface area contributed by atoms with Crippen LogP contribution in [-0.2, 0) is 13.0 Å². The van der Waals surface area contributed by atoms with E-state index >= 15 is 0 Å². The fraction of sp³-hybridized carbons (Fsp3) is 0.400. The van der Waals surface area contributed by atoms with E-state index in [-0.39, 0.29) is 6.04 Å². The third kappa shape index (κ3) is 3.04. The summed E-state index contributed by atoms with van der Waals surface area (Å²) < 4.78 is 27.9. The van der Waals surface area contributed by atoms with E-state index in [1.807, 2.05) is 20.8 Å². The molecule has 0 saturated carbocycles. The number of hydrogen-bond donors (Lipinski definition) is 1. The third-order valence-electron chi connectivity index (χ3n) is 3.37. The van der Waals surface area contributed by atoms with Gasteiger partial charge in [0.25, 0.3) is 0 Å². The fourth-order valence-electron chi connectivity index (χ4n) is 2.32. The minimum absolute atomic E-state index is 0.0633. The van der Waals surface area contributed by atoms with Gasteiger partial charge in [0.1, 0.15) is 0 Å². The predicted molar refractivity (Wildman–Crippen MR) is 74.5 cm³/mol. The molecule has 1 aromatic carbocycles. The molecular weight excluding hydrogens is 260 g/mol. The van der Waals surface area contributed by atoms with Crippen molar-refractivity contribution in [3.63, 3.8) is 0 Å². The lowest BCUT2D eigenvalue weighted by molar-refractivity contribution is 0.505. The summed E-state index contributed by atoms with van der Waals surface area (Å²) in [6, 6.07) is 3.98. The molecule has 2 N–H and O–H groups in total. The Bertz CT molecular complexity index is 618. The van der Waals surface area contributed by atoms with E-state index < -0.39 is 11.6 Å². The Kier molecular flexibility index (Phi) is 4.18. The SMILES string of the molecule is Cc1nn(Cc2ccc(F)c(F)c2)c(C)c1CC(C)N. The van der Waals surface area contributed by atoms with E-state index in [0.29, 0.717) is 12.1 Å². The topological polar surface area (TPSA) is 43.8 Å². The van der Waals surface area contributed by atoms with E-state index in [1.165, 1.54) is 6.07 Å². The minimum atomic E-state index is -0.834. The Labute approximate surface area is 117 Å². The van der Waals surface area contributed by atoms with Gasteiger partial charge < -0.3 is 5.73 Å². The van der Waals surface area contributed by atoms with Crippen molar-refractivity contribution in [3.05, 3.63) is 52.3 Å². The van der Waals surface area contributed by atoms with Crippen molar-refractivity contribution in [3.8, 4) is 0 Å². The van der Waals surface area contributed by atoms with Crippen LogP contribution in [0, 0.1) is 25.5 Å². The third-order valence-corrected chi connectivity index (χ3v) is 3.37. The van der Waals surface area contributed by atoms with Crippen molar-refractivity contribution >= 4 is 0 Å². The van der Waals surface area contributed by atoms with Crippen LogP contribution >= 0.6 is 0 Å². The average Bonchev–Trinajstić information content (AvgIpc) is 2.61. The first-order valence-electron chi connectivity index (χ1n) is 6.61. The Morgan fingerprint density at radius 3 is 2.55 bits per heavy atom. The smallest absolute Gasteiger partial charge is 0.159 e. The van der Waals surface area contributed by atoms with Gasteiger partial charge in [0.2, 0.25) is 0 Å². The number of hydrogen-bond acceptors (Lipinski definition) is 2. The van der Waals surface area contributed by atoms with E-state index in [2.05, 4.69) is 5.10 Å². The molecule has 0 radical (unpaired) electrons. The van der Waals surface area contributed by atoms with Crippen molar-refractivity contribution in [2.75, 3.05) is 0 Å². The maximum absolute atomic E-state index is 13.2. The molecule has 108 valence electrons. The molecule has 1 heterocycles. The normalized spacial score (nSPS) is 12.7. The summed E-state index contributed by atoms with van der Waals surface area (Å²) in [5, 5.41) is 4.46. The van der Waals surface area contributed by atoms with E-state index in [9.17, 15) is 8.78 Å². The first-order valence-corrected chi connectivity index (χ1v) is 6.61. The van der Waals surface area contributed by atoms with Crippen LogP contribution in [0.1, 0.15) is 29.4 Å². The lowest BCUT2D eigenvalue weighted by Crippen LogP contribution is -2.18. The Hall–Kier alpha value is -1.75. The van der Waals surface area contributed by atoms with Crippen LogP contribution in [-0.4, -0.2) is 15.8 Å². The van der Waals surface area contributed by atoms with Gasteiger partial charge in [0.15, 0.2) is 11.6 Å². The van der Waals surface area contributed by atoms with Gasteiger partial charge in [0.05, 0.1) is 12.2 Å². The summed E-state index contributed by atoms with van der Waals surface area (Å²) >= 11 is 0. The van der Waals surface area contributed by atoms with Gasteiger partial charge in [-0.25, -0.2) is 8.78 Å². The average molecular weight is 279 g/mol. The Morgan fingerprint density at radius 1 is 1.25 bits per heavy atom. The number of aromatic nitrogens is 2. The zero-order valence-corrected chi connectivity index (χ0v) is 12.0. The summed E-state index contributed by atoms with van der Waals surface area (Å²) in [5.41, 5.74) is 9.59. The van der Waals surface area contributed by atoms with Crippen LogP contribution in [0.5, 0.6) is 0 Å². The van der Waals surface area contributed by atoms with Crippen LogP contribution in [0.4, 0.5) is 8.78 Å². The molecule has 0 fully saturated rings. The summed E-state index contributed by atoms with van der Waals surface area (Å²) in [6.45, 7) is 6.28. The quantitative estimate of drug-likeness (QED) is 0.935. The molecule has 5 heteroatoms. The van der Waals surface area contributed by atoms with Crippen molar-refractivity contribution in [2.45, 2.75) is 39.8 Å². The predicted octanol–water partition coefficient (Wildman–Crippen LogP) is 2.72. The molecule has 0 aliphatic heterocycles. The highest BCUT2D eigenvalue weighted by Gasteiger charge is 2.13. The number of aryl methyl sites for hydroxylation is 1. The maximum atomic E-state index is 13.2. The standard InChI is InChI=1S/C15H19F2N3/c1-9(18)6-13-10(2)19-20(11(13)3)8-12-4-5-14(16)15(17)7-12/h4-5,7,9H,6,8,18H2,1-3H3. The molecule has 0 bridgehead atoms. The number of benzene rings is 1. The monoisotopic (exact) mass is 279 g/mol. The molecule has 2 aromatic rings. The van der Waals surface area contributed by atoms with Gasteiger partial charge in [-0.3, -0.25) is 4.68 Å². The van der Waals surface area contributed by atoms with Crippen molar-refractivity contribution in [2.24, 2.45) is 5.73 Å². The van der Waals surface area contributed by atoms with Gasteiger partial charge in [-0.1, -0.05) is 6.07 Å². The number of nitrogens with zero attached hydrogens (tertiary/aromatic N) is 2. The van der Waals surface area contributed by atoms with E-state index in [1.54, 1.807) is 10.7 Å². The zero-order chi connectivity index (χ0) is 14.9. The number of halogens is 2. The fourth-order valence-corrected chi connectivity index (χ4v) is 2.32.